The Morgan fingerprint density at radius 3 is 2.50 bits per heavy atom. The molecule has 0 radical (unpaired) electrons. The molecule has 0 aliphatic heterocycles. The number of hydrogen-bond donors (Lipinski definition) is 1. The van der Waals surface area contributed by atoms with Crippen molar-refractivity contribution >= 4 is 0 Å². The first kappa shape index (κ1) is 9.01. The third-order valence-corrected chi connectivity index (χ3v) is 2.01. The van der Waals surface area contributed by atoms with Crippen molar-refractivity contribution in [2.75, 3.05) is 6.54 Å². The maximum atomic E-state index is 5.64. The summed E-state index contributed by atoms with van der Waals surface area (Å²) in [6.45, 7) is 4.41. The molecule has 0 aromatic heterocycles. The smallest absolute Gasteiger partial charge is 0.000443 e. The summed E-state index contributed by atoms with van der Waals surface area (Å²) >= 11 is 0. The number of hydrogen-bond acceptors (Lipinski definition) is 1. The first-order chi connectivity index (χ1) is 5.88. The fourth-order valence-electron chi connectivity index (χ4n) is 1.29. The largest absolute Gasteiger partial charge is 0.330 e. The zero-order chi connectivity index (χ0) is 8.81. The van der Waals surface area contributed by atoms with Gasteiger partial charge >= 0.3 is 0 Å². The van der Waals surface area contributed by atoms with E-state index in [2.05, 4.69) is 18.7 Å². The van der Waals surface area contributed by atoms with Crippen LogP contribution in [0.1, 0.15) is 17.9 Å². The normalized spacial score (nSPS) is 12.4. The molecule has 0 bridgehead atoms. The van der Waals surface area contributed by atoms with Crippen LogP contribution in [0.3, 0.4) is 0 Å². The van der Waals surface area contributed by atoms with E-state index in [1.54, 1.807) is 0 Å². The molecule has 1 atom stereocenters. The van der Waals surface area contributed by atoms with Crippen LogP contribution in [0, 0.1) is 0 Å². The minimum atomic E-state index is 0.434. The second-order valence-corrected chi connectivity index (χ2v) is 2.87. The van der Waals surface area contributed by atoms with Crippen molar-refractivity contribution in [3.05, 3.63) is 48.6 Å². The zero-order valence-electron chi connectivity index (χ0n) is 7.24. The SMILES string of the molecule is C=CC[C@@H](CN)c1ccccc1. The number of nitrogens with two attached hydrogens (primary N) is 1. The molecule has 12 heavy (non-hydrogen) atoms. The van der Waals surface area contributed by atoms with Gasteiger partial charge in [-0.2, -0.15) is 0 Å². The fourth-order valence-corrected chi connectivity index (χ4v) is 1.29. The molecule has 0 unspecified atom stereocenters. The zero-order valence-corrected chi connectivity index (χ0v) is 7.24. The molecule has 2 N–H and O–H groups in total. The Morgan fingerprint density at radius 2 is 2.00 bits per heavy atom. The van der Waals surface area contributed by atoms with Gasteiger partial charge in [-0.3, -0.25) is 0 Å². The van der Waals surface area contributed by atoms with E-state index < -0.39 is 0 Å². The van der Waals surface area contributed by atoms with Gasteiger partial charge in [-0.25, -0.2) is 0 Å². The second kappa shape index (κ2) is 4.73. The summed E-state index contributed by atoms with van der Waals surface area (Å²) in [5, 5.41) is 0. The molecule has 0 heterocycles. The van der Waals surface area contributed by atoms with Gasteiger partial charge in [0.15, 0.2) is 0 Å². The first-order valence-corrected chi connectivity index (χ1v) is 4.24. The van der Waals surface area contributed by atoms with Crippen LogP contribution >= 0.6 is 0 Å². The fraction of sp³-hybridized carbons (Fsp3) is 0.273. The van der Waals surface area contributed by atoms with E-state index in [4.69, 9.17) is 5.73 Å². The topological polar surface area (TPSA) is 26.0 Å². The molecule has 1 nitrogen and oxygen atoms in total. The van der Waals surface area contributed by atoms with Crippen molar-refractivity contribution < 1.29 is 0 Å². The number of benzene rings is 1. The van der Waals surface area contributed by atoms with Crippen molar-refractivity contribution in [1.29, 1.82) is 0 Å². The molecule has 1 aromatic rings. The van der Waals surface area contributed by atoms with E-state index in [0.29, 0.717) is 12.5 Å². The molecule has 1 heteroatoms. The lowest BCUT2D eigenvalue weighted by molar-refractivity contribution is 0.711. The maximum absolute atomic E-state index is 5.64. The highest BCUT2D eigenvalue weighted by molar-refractivity contribution is 5.20. The van der Waals surface area contributed by atoms with Crippen molar-refractivity contribution in [1.82, 2.24) is 0 Å². The van der Waals surface area contributed by atoms with Crippen molar-refractivity contribution in [2.24, 2.45) is 5.73 Å². The van der Waals surface area contributed by atoms with Crippen LogP contribution in [-0.4, -0.2) is 6.54 Å². The van der Waals surface area contributed by atoms with Crippen molar-refractivity contribution in [2.45, 2.75) is 12.3 Å². The molecule has 0 spiro atoms. The van der Waals surface area contributed by atoms with Crippen LogP contribution in [0.4, 0.5) is 0 Å². The summed E-state index contributed by atoms with van der Waals surface area (Å²) in [6.07, 6.45) is 2.88. The Bertz CT molecular complexity index is 228. The highest BCUT2D eigenvalue weighted by Crippen LogP contribution is 2.17. The molecule has 64 valence electrons. The highest BCUT2D eigenvalue weighted by Gasteiger charge is 2.05. The molecule has 1 aromatic carbocycles. The minimum absolute atomic E-state index is 0.434. The molecule has 0 saturated carbocycles. The molecule has 0 aliphatic rings. The predicted molar refractivity (Wildman–Crippen MR) is 53.1 cm³/mol. The van der Waals surface area contributed by atoms with E-state index in [9.17, 15) is 0 Å². The van der Waals surface area contributed by atoms with Crippen LogP contribution < -0.4 is 5.73 Å². The highest BCUT2D eigenvalue weighted by atomic mass is 14.5. The monoisotopic (exact) mass is 161 g/mol. The van der Waals surface area contributed by atoms with Gasteiger partial charge in [-0.15, -0.1) is 6.58 Å². The van der Waals surface area contributed by atoms with Gasteiger partial charge in [0.2, 0.25) is 0 Å². The molecule has 1 rings (SSSR count). The van der Waals surface area contributed by atoms with Gasteiger partial charge in [0.25, 0.3) is 0 Å². The average molecular weight is 161 g/mol. The van der Waals surface area contributed by atoms with Gasteiger partial charge < -0.3 is 5.73 Å². The Labute approximate surface area is 73.9 Å². The van der Waals surface area contributed by atoms with E-state index in [0.717, 1.165) is 6.42 Å². The third kappa shape index (κ3) is 2.21. The second-order valence-electron chi connectivity index (χ2n) is 2.87. The first-order valence-electron chi connectivity index (χ1n) is 4.24. The van der Waals surface area contributed by atoms with Crippen molar-refractivity contribution in [3.63, 3.8) is 0 Å². The molecule has 0 saturated heterocycles. The van der Waals surface area contributed by atoms with Crippen LogP contribution in [-0.2, 0) is 0 Å². The van der Waals surface area contributed by atoms with Crippen LogP contribution in [0.25, 0.3) is 0 Å². The average Bonchev–Trinajstić information content (AvgIpc) is 2.15. The Hall–Kier alpha value is -1.08. The van der Waals surface area contributed by atoms with Gasteiger partial charge in [0.1, 0.15) is 0 Å². The molecular formula is C11H15N. The summed E-state index contributed by atoms with van der Waals surface area (Å²) in [6, 6.07) is 10.3. The van der Waals surface area contributed by atoms with Gasteiger partial charge in [0.05, 0.1) is 0 Å². The maximum Gasteiger partial charge on any atom is -0.000443 e. The minimum Gasteiger partial charge on any atom is -0.330 e. The third-order valence-electron chi connectivity index (χ3n) is 2.01. The summed E-state index contributed by atoms with van der Waals surface area (Å²) < 4.78 is 0. The molecule has 0 fully saturated rings. The summed E-state index contributed by atoms with van der Waals surface area (Å²) in [5.41, 5.74) is 6.95. The van der Waals surface area contributed by atoms with Crippen molar-refractivity contribution in [3.8, 4) is 0 Å². The number of rotatable bonds is 4. The van der Waals surface area contributed by atoms with E-state index in [1.165, 1.54) is 5.56 Å². The summed E-state index contributed by atoms with van der Waals surface area (Å²) in [4.78, 5) is 0. The van der Waals surface area contributed by atoms with Gasteiger partial charge in [0, 0.05) is 0 Å². The van der Waals surface area contributed by atoms with Gasteiger partial charge in [-0.05, 0) is 24.4 Å². The quantitative estimate of drug-likeness (QED) is 0.674. The lowest BCUT2D eigenvalue weighted by Gasteiger charge is -2.11. The van der Waals surface area contributed by atoms with Crippen LogP contribution in [0.15, 0.2) is 43.0 Å². The lowest BCUT2D eigenvalue weighted by atomic mass is 9.96. The summed E-state index contributed by atoms with van der Waals surface area (Å²) in [7, 11) is 0. The Morgan fingerprint density at radius 1 is 1.33 bits per heavy atom. The van der Waals surface area contributed by atoms with E-state index in [-0.39, 0.29) is 0 Å². The molecule has 0 aliphatic carbocycles. The molecular weight excluding hydrogens is 146 g/mol. The van der Waals surface area contributed by atoms with E-state index in [1.807, 2.05) is 24.3 Å². The predicted octanol–water partition coefficient (Wildman–Crippen LogP) is 2.31. The van der Waals surface area contributed by atoms with Crippen LogP contribution in [0.5, 0.6) is 0 Å². The molecule has 0 amide bonds. The Balaban J connectivity index is 2.72. The van der Waals surface area contributed by atoms with Gasteiger partial charge in [-0.1, -0.05) is 36.4 Å². The Kier molecular flexibility index (Phi) is 3.55. The van der Waals surface area contributed by atoms with E-state index >= 15 is 0 Å². The summed E-state index contributed by atoms with van der Waals surface area (Å²) in [5.74, 6) is 0.434. The van der Waals surface area contributed by atoms with Crippen LogP contribution in [0.2, 0.25) is 0 Å². The standard InChI is InChI=1S/C11H15N/c1-2-6-11(9-12)10-7-4-3-5-8-10/h2-5,7-8,11H,1,6,9,12H2/t11-/m0/s1. The number of allylic oxidation sites excluding steroid dienone is 1. The lowest BCUT2D eigenvalue weighted by Crippen LogP contribution is -2.11.